The van der Waals surface area contributed by atoms with Crippen LogP contribution in [-0.2, 0) is 9.53 Å². The zero-order chi connectivity index (χ0) is 11.6. The molecule has 7 nitrogen and oxygen atoms in total. The maximum atomic E-state index is 10.7. The van der Waals surface area contributed by atoms with E-state index in [1.165, 1.54) is 6.92 Å². The van der Waals surface area contributed by atoms with Crippen LogP contribution in [0.25, 0.3) is 0 Å². The maximum Gasteiger partial charge on any atom is 0.218 e. The standard InChI is InChI=1S/C8H15NO6/c1-3(11)9-8-7(14)6(13)5(12)4(2-10)15-8/h4-8,10,12-14H,2H2,1H3,(H,9,11)/t4-,5+,6+,7-,8+/m0/s1. The Morgan fingerprint density at radius 2 is 1.87 bits per heavy atom. The highest BCUT2D eigenvalue weighted by Gasteiger charge is 2.43. The second-order valence-corrected chi connectivity index (χ2v) is 3.45. The summed E-state index contributed by atoms with van der Waals surface area (Å²) in [7, 11) is 0. The van der Waals surface area contributed by atoms with Crippen LogP contribution in [0.1, 0.15) is 6.92 Å². The number of amides is 1. The third kappa shape index (κ3) is 2.64. The van der Waals surface area contributed by atoms with E-state index >= 15 is 0 Å². The van der Waals surface area contributed by atoms with Crippen molar-refractivity contribution in [3.05, 3.63) is 0 Å². The molecule has 0 aliphatic carbocycles. The summed E-state index contributed by atoms with van der Waals surface area (Å²) < 4.78 is 5.00. The van der Waals surface area contributed by atoms with Crippen LogP contribution in [0.15, 0.2) is 0 Å². The van der Waals surface area contributed by atoms with Crippen molar-refractivity contribution >= 4 is 5.91 Å². The number of hydrogen-bond donors (Lipinski definition) is 5. The van der Waals surface area contributed by atoms with E-state index in [-0.39, 0.29) is 0 Å². The molecule has 0 aromatic carbocycles. The van der Waals surface area contributed by atoms with Crippen LogP contribution in [0.4, 0.5) is 0 Å². The van der Waals surface area contributed by atoms with Gasteiger partial charge in [-0.25, -0.2) is 0 Å². The van der Waals surface area contributed by atoms with Gasteiger partial charge in [-0.1, -0.05) is 0 Å². The minimum absolute atomic E-state index is 0.445. The lowest BCUT2D eigenvalue weighted by molar-refractivity contribution is -0.235. The van der Waals surface area contributed by atoms with E-state index in [1.807, 2.05) is 0 Å². The maximum absolute atomic E-state index is 10.7. The number of carbonyl (C=O) groups excluding carboxylic acids is 1. The first-order chi connectivity index (χ1) is 6.97. The van der Waals surface area contributed by atoms with Crippen LogP contribution in [0.3, 0.4) is 0 Å². The Morgan fingerprint density at radius 3 is 2.33 bits per heavy atom. The number of aliphatic hydroxyl groups excluding tert-OH is 4. The molecule has 1 heterocycles. The second-order valence-electron chi connectivity index (χ2n) is 3.45. The van der Waals surface area contributed by atoms with Gasteiger partial charge >= 0.3 is 0 Å². The SMILES string of the molecule is CC(=O)N[C@@H]1O[C@@H](CO)[C@@H](O)[C@@H](O)[C@@H]1O. The highest BCUT2D eigenvalue weighted by atomic mass is 16.6. The molecule has 1 amide bonds. The molecule has 88 valence electrons. The second kappa shape index (κ2) is 4.86. The Balaban J connectivity index is 2.69. The van der Waals surface area contributed by atoms with Crippen molar-refractivity contribution in [3.63, 3.8) is 0 Å². The van der Waals surface area contributed by atoms with Crippen LogP contribution < -0.4 is 5.32 Å². The van der Waals surface area contributed by atoms with Gasteiger partial charge in [0, 0.05) is 6.92 Å². The third-order valence-corrected chi connectivity index (χ3v) is 2.24. The third-order valence-electron chi connectivity index (χ3n) is 2.24. The fraction of sp³-hybridized carbons (Fsp3) is 0.875. The van der Waals surface area contributed by atoms with Crippen LogP contribution in [-0.4, -0.2) is 63.6 Å². The zero-order valence-electron chi connectivity index (χ0n) is 8.20. The molecule has 7 heteroatoms. The molecule has 1 aliphatic heterocycles. The van der Waals surface area contributed by atoms with Gasteiger partial charge in [0.05, 0.1) is 6.61 Å². The van der Waals surface area contributed by atoms with Gasteiger partial charge < -0.3 is 30.5 Å². The lowest BCUT2D eigenvalue weighted by Gasteiger charge is -2.39. The summed E-state index contributed by atoms with van der Waals surface area (Å²) >= 11 is 0. The highest BCUT2D eigenvalue weighted by Crippen LogP contribution is 2.19. The van der Waals surface area contributed by atoms with Crippen LogP contribution in [0, 0.1) is 0 Å². The van der Waals surface area contributed by atoms with Crippen molar-refractivity contribution in [1.82, 2.24) is 5.32 Å². The molecule has 0 spiro atoms. The summed E-state index contributed by atoms with van der Waals surface area (Å²) in [6.45, 7) is 0.711. The molecule has 1 fully saturated rings. The van der Waals surface area contributed by atoms with Gasteiger partial charge in [-0.2, -0.15) is 0 Å². The molecule has 0 aromatic heterocycles. The fourth-order valence-corrected chi connectivity index (χ4v) is 1.42. The Kier molecular flexibility index (Phi) is 4.00. The van der Waals surface area contributed by atoms with E-state index in [0.29, 0.717) is 0 Å². The van der Waals surface area contributed by atoms with Crippen molar-refractivity contribution in [3.8, 4) is 0 Å². The molecule has 1 rings (SSSR count). The van der Waals surface area contributed by atoms with Gasteiger partial charge in [0.1, 0.15) is 24.4 Å². The summed E-state index contributed by atoms with van der Waals surface area (Å²) in [4.78, 5) is 10.7. The Bertz CT molecular complexity index is 233. The molecule has 0 saturated carbocycles. The van der Waals surface area contributed by atoms with Crippen LogP contribution in [0.5, 0.6) is 0 Å². The smallest absolute Gasteiger partial charge is 0.218 e. The number of nitrogens with one attached hydrogen (secondary N) is 1. The van der Waals surface area contributed by atoms with Gasteiger partial charge in [0.15, 0.2) is 6.23 Å². The summed E-state index contributed by atoms with van der Waals surface area (Å²) in [5.41, 5.74) is 0. The number of aliphatic hydroxyl groups is 4. The minimum Gasteiger partial charge on any atom is -0.394 e. The van der Waals surface area contributed by atoms with Gasteiger partial charge in [-0.05, 0) is 0 Å². The van der Waals surface area contributed by atoms with Gasteiger partial charge in [-0.3, -0.25) is 4.79 Å². The Morgan fingerprint density at radius 1 is 1.27 bits per heavy atom. The molecule has 1 aliphatic rings. The molecule has 15 heavy (non-hydrogen) atoms. The van der Waals surface area contributed by atoms with E-state index < -0.39 is 43.2 Å². The molecule has 5 N–H and O–H groups in total. The molecule has 0 aromatic rings. The number of hydrogen-bond acceptors (Lipinski definition) is 6. The van der Waals surface area contributed by atoms with Crippen LogP contribution in [0.2, 0.25) is 0 Å². The van der Waals surface area contributed by atoms with E-state index in [0.717, 1.165) is 0 Å². The molecule has 0 unspecified atom stereocenters. The quantitative estimate of drug-likeness (QED) is 0.337. The number of carbonyl (C=O) groups is 1. The van der Waals surface area contributed by atoms with Gasteiger partial charge in [0.25, 0.3) is 0 Å². The van der Waals surface area contributed by atoms with Crippen molar-refractivity contribution < 1.29 is 30.0 Å². The first kappa shape index (κ1) is 12.3. The first-order valence-corrected chi connectivity index (χ1v) is 4.55. The van der Waals surface area contributed by atoms with Gasteiger partial charge in [-0.15, -0.1) is 0 Å². The predicted octanol–water partition coefficient (Wildman–Crippen LogP) is -3.08. The summed E-state index contributed by atoms with van der Waals surface area (Å²) in [6.07, 6.45) is -6.42. The summed E-state index contributed by atoms with van der Waals surface area (Å²) in [5, 5.41) is 39.3. The van der Waals surface area contributed by atoms with Crippen LogP contribution >= 0.6 is 0 Å². The van der Waals surface area contributed by atoms with E-state index in [2.05, 4.69) is 5.32 Å². The summed E-state index contributed by atoms with van der Waals surface area (Å²) in [6, 6.07) is 0. The average molecular weight is 221 g/mol. The molecule has 0 bridgehead atoms. The lowest BCUT2D eigenvalue weighted by Crippen LogP contribution is -2.63. The Hall–Kier alpha value is -0.730. The van der Waals surface area contributed by atoms with E-state index in [4.69, 9.17) is 9.84 Å². The van der Waals surface area contributed by atoms with Crippen molar-refractivity contribution in [2.75, 3.05) is 6.61 Å². The first-order valence-electron chi connectivity index (χ1n) is 4.55. The number of ether oxygens (including phenoxy) is 1. The van der Waals surface area contributed by atoms with E-state index in [9.17, 15) is 20.1 Å². The van der Waals surface area contributed by atoms with Gasteiger partial charge in [0.2, 0.25) is 5.91 Å². The monoisotopic (exact) mass is 221 g/mol. The lowest BCUT2D eigenvalue weighted by atomic mass is 9.98. The molecule has 5 atom stereocenters. The van der Waals surface area contributed by atoms with Crippen molar-refractivity contribution in [2.24, 2.45) is 0 Å². The average Bonchev–Trinajstić information content (AvgIpc) is 2.18. The molecular formula is C8H15NO6. The topological polar surface area (TPSA) is 119 Å². The molecule has 0 radical (unpaired) electrons. The molecular weight excluding hydrogens is 206 g/mol. The zero-order valence-corrected chi connectivity index (χ0v) is 8.20. The normalized spacial score (nSPS) is 41.3. The van der Waals surface area contributed by atoms with Crippen molar-refractivity contribution in [1.29, 1.82) is 0 Å². The van der Waals surface area contributed by atoms with E-state index in [1.54, 1.807) is 0 Å². The number of rotatable bonds is 2. The predicted molar refractivity (Wildman–Crippen MR) is 47.6 cm³/mol. The fourth-order valence-electron chi connectivity index (χ4n) is 1.42. The summed E-state index contributed by atoms with van der Waals surface area (Å²) in [5.74, 6) is -0.445. The van der Waals surface area contributed by atoms with Crippen molar-refractivity contribution in [2.45, 2.75) is 37.6 Å². The largest absolute Gasteiger partial charge is 0.394 e. The minimum atomic E-state index is -1.47. The Labute approximate surface area is 86.3 Å². The highest BCUT2D eigenvalue weighted by molar-refractivity contribution is 5.73. The molecule has 1 saturated heterocycles.